The van der Waals surface area contributed by atoms with Crippen LogP contribution in [0.3, 0.4) is 0 Å². The normalized spacial score (nSPS) is 35.5. The van der Waals surface area contributed by atoms with E-state index in [1.54, 1.807) is 37.6 Å². The molecule has 2 aromatic rings. The average molecular weight is 916 g/mol. The summed E-state index contributed by atoms with van der Waals surface area (Å²) in [6.45, 7) is 16.3. The zero-order valence-corrected chi connectivity index (χ0v) is 39.8. The van der Waals surface area contributed by atoms with Gasteiger partial charge in [-0.3, -0.25) is 24.4 Å². The Bertz CT molecular complexity index is 1910. The summed E-state index contributed by atoms with van der Waals surface area (Å²) < 4.78 is 27.0. The molecule has 4 N–H and O–H groups in total. The van der Waals surface area contributed by atoms with Crippen LogP contribution in [0.25, 0.3) is 0 Å². The van der Waals surface area contributed by atoms with Gasteiger partial charge in [-0.05, 0) is 91.9 Å². The Morgan fingerprint density at radius 2 is 1.74 bits per heavy atom. The van der Waals surface area contributed by atoms with Crippen LogP contribution in [0.4, 0.5) is 5.69 Å². The van der Waals surface area contributed by atoms with Crippen molar-refractivity contribution in [3.63, 3.8) is 0 Å². The molecule has 65 heavy (non-hydrogen) atoms. The Morgan fingerprint density at radius 1 is 1.06 bits per heavy atom. The van der Waals surface area contributed by atoms with E-state index in [-0.39, 0.29) is 30.7 Å². The lowest BCUT2D eigenvalue weighted by Crippen LogP contribution is -2.60. The number of aryl methyl sites for hydroxylation is 2. The zero-order chi connectivity index (χ0) is 47.8. The van der Waals surface area contributed by atoms with E-state index in [1.807, 2.05) is 38.9 Å². The minimum Gasteiger partial charge on any atom is -0.459 e. The van der Waals surface area contributed by atoms with Crippen molar-refractivity contribution < 1.29 is 53.6 Å². The van der Waals surface area contributed by atoms with E-state index in [9.17, 15) is 35.0 Å². The number of nitrogens with zero attached hydrogens (tertiary/aromatic N) is 6. The molecular formula is C46H73N7O12. The van der Waals surface area contributed by atoms with Gasteiger partial charge in [-0.1, -0.05) is 50.2 Å². The number of methoxy groups -OCH3 is 1. The highest BCUT2D eigenvalue weighted by molar-refractivity contribution is 6.00. The second-order valence-electron chi connectivity index (χ2n) is 18.9. The number of nitro benzene ring substituents is 1. The van der Waals surface area contributed by atoms with E-state index < -0.39 is 88.3 Å². The van der Waals surface area contributed by atoms with Crippen LogP contribution in [-0.2, 0) is 52.8 Å². The number of aliphatic hydroxyl groups excluding tert-OH is 2. The second kappa shape index (κ2) is 22.7. The first-order valence-corrected chi connectivity index (χ1v) is 23.2. The summed E-state index contributed by atoms with van der Waals surface area (Å²) >= 11 is 0. The number of nitrogens with one attached hydrogen (secondary N) is 1. The number of Topliss-reactive ketones (excluding diaryl/α,β-unsaturated/α-hetero) is 1. The molecule has 364 valence electrons. The maximum absolute atomic E-state index is 14.4. The van der Waals surface area contributed by atoms with Crippen LogP contribution in [0.5, 0.6) is 0 Å². The maximum atomic E-state index is 14.4. The van der Waals surface area contributed by atoms with E-state index in [1.165, 1.54) is 33.1 Å². The van der Waals surface area contributed by atoms with Gasteiger partial charge in [0.1, 0.15) is 29.8 Å². The molecule has 0 spiro atoms. The van der Waals surface area contributed by atoms with Crippen LogP contribution in [0, 0.1) is 33.8 Å². The van der Waals surface area contributed by atoms with Crippen LogP contribution in [0.1, 0.15) is 98.8 Å². The van der Waals surface area contributed by atoms with E-state index in [2.05, 4.69) is 20.8 Å². The third-order valence-electron chi connectivity index (χ3n) is 13.9. The number of ether oxygens (including phenoxy) is 4. The minimum absolute atomic E-state index is 0.0400. The fourth-order valence-electron chi connectivity index (χ4n) is 9.62. The van der Waals surface area contributed by atoms with Gasteiger partial charge in [0.2, 0.25) is 0 Å². The standard InChI is InChI=1S/C46H73N7O12/c1-11-37-46(8,58)41(56)29(4)38(49-65-35-16-20-47-21-17-35)27(2)25-45(7,61-10)42(30(5)39(54)31(6)43(57)63-37)64-44-40(55)36(24-28(3)62-44)51(9)22-19-33-26-52(50-48-33)23-18-32-12-14-34(15-13-32)53(59)60/h12-15,26-31,35-37,40-42,44,47,55-56,58H,11,16-25H2,1-10H3/b49-38+/t27-,28-,29+,30+,31-,36+,37-,40-,41-,42-,44+,45-,46-/m1/s1. The summed E-state index contributed by atoms with van der Waals surface area (Å²) in [6.07, 6.45) is -1.20. The van der Waals surface area contributed by atoms with Gasteiger partial charge in [0.25, 0.3) is 5.69 Å². The Labute approximate surface area is 382 Å². The number of likely N-dealkylation sites (N-methyl/N-ethyl adjacent to an activating group) is 1. The van der Waals surface area contributed by atoms with Gasteiger partial charge in [0.05, 0.1) is 40.2 Å². The fourth-order valence-corrected chi connectivity index (χ4v) is 9.62. The molecule has 5 rings (SSSR count). The first kappa shape index (κ1) is 52.0. The number of esters is 1. The SMILES string of the molecule is CC[C@H]1OC(=O)[C@H](C)C(=O)[C@H](C)[C@@H](O[C@@H]2O[C@H](C)C[C@H](N(C)CCc3cn(CCc4ccc([N+](=O)[O-])cc4)nn3)[C@H]2O)[C@](C)(OC)C[C@@H](C)/C(=N\OC2CCNCC2)[C@H](C)[C@@H](O)[C@]1(C)O. The number of cyclic esters (lactones) is 1. The molecule has 0 amide bonds. The molecule has 0 radical (unpaired) electrons. The van der Waals surface area contributed by atoms with Gasteiger partial charge in [0, 0.05) is 68.7 Å². The summed E-state index contributed by atoms with van der Waals surface area (Å²) in [5, 5.41) is 63.4. The molecule has 3 fully saturated rings. The van der Waals surface area contributed by atoms with Crippen LogP contribution in [0.2, 0.25) is 0 Å². The van der Waals surface area contributed by atoms with Crippen molar-refractivity contribution in [3.8, 4) is 0 Å². The van der Waals surface area contributed by atoms with Crippen LogP contribution < -0.4 is 5.32 Å². The fraction of sp³-hybridized carbons (Fsp3) is 0.761. The molecule has 19 heteroatoms. The molecule has 0 saturated carbocycles. The zero-order valence-electron chi connectivity index (χ0n) is 39.8. The molecule has 3 aliphatic rings. The van der Waals surface area contributed by atoms with Crippen molar-refractivity contribution in [2.75, 3.05) is 33.8 Å². The number of hydrogen-bond acceptors (Lipinski definition) is 17. The molecule has 1 aromatic heterocycles. The molecule has 0 aliphatic carbocycles. The lowest BCUT2D eigenvalue weighted by Gasteiger charge is -2.47. The third kappa shape index (κ3) is 12.7. The van der Waals surface area contributed by atoms with Gasteiger partial charge in [-0.15, -0.1) is 5.10 Å². The number of rotatable bonds is 14. The van der Waals surface area contributed by atoms with Gasteiger partial charge in [0.15, 0.2) is 12.1 Å². The number of piperidine rings is 1. The molecule has 0 unspecified atom stereocenters. The Balaban J connectivity index is 1.37. The van der Waals surface area contributed by atoms with Gasteiger partial charge < -0.3 is 49.3 Å². The first-order chi connectivity index (χ1) is 30.7. The summed E-state index contributed by atoms with van der Waals surface area (Å²) in [5.74, 6) is -4.85. The highest BCUT2D eigenvalue weighted by Crippen LogP contribution is 2.39. The van der Waals surface area contributed by atoms with E-state index >= 15 is 0 Å². The van der Waals surface area contributed by atoms with Crippen LogP contribution in [0.15, 0.2) is 35.6 Å². The average Bonchev–Trinajstić information content (AvgIpc) is 3.75. The lowest BCUT2D eigenvalue weighted by molar-refractivity contribution is -0.384. The van der Waals surface area contributed by atoms with Crippen molar-refractivity contribution in [1.29, 1.82) is 0 Å². The molecule has 13 atom stereocenters. The summed E-state index contributed by atoms with van der Waals surface area (Å²) in [6, 6.07) is 6.02. The summed E-state index contributed by atoms with van der Waals surface area (Å²) in [5.41, 5.74) is -0.994. The van der Waals surface area contributed by atoms with E-state index in [4.69, 9.17) is 23.8 Å². The molecular weight excluding hydrogens is 843 g/mol. The lowest BCUT2D eigenvalue weighted by atomic mass is 9.74. The number of aromatic nitrogens is 3. The van der Waals surface area contributed by atoms with Gasteiger partial charge in [-0.25, -0.2) is 0 Å². The molecule has 1 aromatic carbocycles. The largest absolute Gasteiger partial charge is 0.459 e. The van der Waals surface area contributed by atoms with Gasteiger partial charge >= 0.3 is 5.97 Å². The summed E-state index contributed by atoms with van der Waals surface area (Å²) in [4.78, 5) is 46.9. The Kier molecular flexibility index (Phi) is 18.2. The number of benzene rings is 1. The first-order valence-electron chi connectivity index (χ1n) is 23.2. The number of non-ortho nitro benzene ring substituents is 1. The Morgan fingerprint density at radius 3 is 2.37 bits per heavy atom. The number of oxime groups is 1. The second-order valence-corrected chi connectivity index (χ2v) is 18.9. The number of carbonyl (C=O) groups excluding carboxylic acids is 2. The van der Waals surface area contributed by atoms with Crippen molar-refractivity contribution >= 4 is 23.2 Å². The third-order valence-corrected chi connectivity index (χ3v) is 13.9. The monoisotopic (exact) mass is 916 g/mol. The number of aliphatic hydroxyl groups is 3. The number of ketones is 1. The topological polar surface area (TPSA) is 242 Å². The molecule has 19 nitrogen and oxygen atoms in total. The van der Waals surface area contributed by atoms with Crippen LogP contribution >= 0.6 is 0 Å². The summed E-state index contributed by atoms with van der Waals surface area (Å²) in [7, 11) is 3.43. The molecule has 3 saturated heterocycles. The van der Waals surface area contributed by atoms with Crippen LogP contribution in [-0.4, -0.2) is 152 Å². The number of nitro groups is 1. The van der Waals surface area contributed by atoms with E-state index in [0.29, 0.717) is 38.1 Å². The van der Waals surface area contributed by atoms with Gasteiger partial charge in [-0.2, -0.15) is 0 Å². The highest BCUT2D eigenvalue weighted by atomic mass is 16.7. The van der Waals surface area contributed by atoms with E-state index in [0.717, 1.165) is 37.2 Å². The quantitative estimate of drug-likeness (QED) is 0.0915. The molecule has 0 bridgehead atoms. The predicted molar refractivity (Wildman–Crippen MR) is 240 cm³/mol. The van der Waals surface area contributed by atoms with Crippen molar-refractivity contribution in [3.05, 3.63) is 51.8 Å². The van der Waals surface area contributed by atoms with Crippen molar-refractivity contribution in [2.24, 2.45) is 28.8 Å². The minimum atomic E-state index is -1.92. The number of carbonyl (C=O) groups is 2. The molecule has 3 aliphatic heterocycles. The van der Waals surface area contributed by atoms with Crippen molar-refractivity contribution in [1.82, 2.24) is 25.2 Å². The predicted octanol–water partition coefficient (Wildman–Crippen LogP) is 3.63. The Hall–Kier alpha value is -3.95. The van der Waals surface area contributed by atoms with Crippen molar-refractivity contribution in [2.45, 2.75) is 167 Å². The molecule has 4 heterocycles. The smallest absolute Gasteiger partial charge is 0.316 e. The maximum Gasteiger partial charge on any atom is 0.316 e. The highest BCUT2D eigenvalue weighted by Gasteiger charge is 2.52. The number of hydrogen-bond donors (Lipinski definition) is 4.